The molecule has 0 unspecified atom stereocenters. The molecule has 0 heterocycles. The highest BCUT2D eigenvalue weighted by Gasteiger charge is 2.34. The van der Waals surface area contributed by atoms with Gasteiger partial charge in [0, 0.05) is 11.6 Å². The van der Waals surface area contributed by atoms with Crippen molar-refractivity contribution in [3.05, 3.63) is 58.9 Å². The Labute approximate surface area is 119 Å². The maximum Gasteiger partial charge on any atom is 0.419 e. The van der Waals surface area contributed by atoms with Crippen LogP contribution in [0.25, 0.3) is 0 Å². The van der Waals surface area contributed by atoms with Gasteiger partial charge in [0.2, 0.25) is 0 Å². The van der Waals surface area contributed by atoms with Crippen LogP contribution in [0.2, 0.25) is 0 Å². The molecule has 8 heteroatoms. The Morgan fingerprint density at radius 2 is 1.50 bits per heavy atom. The molecule has 0 saturated carbocycles. The van der Waals surface area contributed by atoms with Crippen LogP contribution in [0.1, 0.15) is 15.9 Å². The Hall–Kier alpha value is -2.51. The second-order valence-corrected chi connectivity index (χ2v) is 4.17. The van der Waals surface area contributed by atoms with E-state index in [4.69, 9.17) is 4.74 Å². The van der Waals surface area contributed by atoms with E-state index in [1.54, 1.807) is 0 Å². The number of halogens is 6. The molecule has 2 rings (SSSR count). The molecule has 0 fully saturated rings. The number of hydrogen-bond acceptors (Lipinski definition) is 2. The van der Waals surface area contributed by atoms with Gasteiger partial charge in [-0.25, -0.2) is 13.2 Å². The molecule has 0 atom stereocenters. The summed E-state index contributed by atoms with van der Waals surface area (Å²) in [5.41, 5.74) is -1.82. The molecular weight excluding hydrogens is 314 g/mol. The van der Waals surface area contributed by atoms with Crippen molar-refractivity contribution in [2.75, 3.05) is 0 Å². The lowest BCUT2D eigenvalue weighted by atomic mass is 10.2. The second-order valence-electron chi connectivity index (χ2n) is 4.17. The van der Waals surface area contributed by atoms with Gasteiger partial charge in [0.05, 0.1) is 5.56 Å². The van der Waals surface area contributed by atoms with Gasteiger partial charge in [0.1, 0.15) is 17.9 Å². The predicted molar refractivity (Wildman–Crippen MR) is 63.2 cm³/mol. The maximum absolute atomic E-state index is 13.6. The minimum Gasteiger partial charge on any atom is -0.451 e. The molecule has 2 aromatic carbocycles. The summed E-state index contributed by atoms with van der Waals surface area (Å²) in [6.45, 7) is 0. The van der Waals surface area contributed by atoms with Crippen molar-refractivity contribution in [2.24, 2.45) is 0 Å². The molecule has 0 bridgehead atoms. The van der Waals surface area contributed by atoms with Crippen molar-refractivity contribution >= 4 is 6.29 Å². The van der Waals surface area contributed by atoms with Crippen LogP contribution in [-0.4, -0.2) is 6.29 Å². The Morgan fingerprint density at radius 3 is 1.95 bits per heavy atom. The minimum absolute atomic E-state index is 0.202. The Balaban J connectivity index is 2.36. The molecule has 116 valence electrons. The summed E-state index contributed by atoms with van der Waals surface area (Å²) < 4.78 is 82.3. The molecule has 0 spiro atoms. The van der Waals surface area contributed by atoms with Crippen LogP contribution in [-0.2, 0) is 6.18 Å². The maximum atomic E-state index is 13.6. The Kier molecular flexibility index (Phi) is 4.11. The van der Waals surface area contributed by atoms with E-state index in [1.807, 2.05) is 0 Å². The normalized spacial score (nSPS) is 11.4. The second kappa shape index (κ2) is 5.70. The van der Waals surface area contributed by atoms with Gasteiger partial charge in [0.15, 0.2) is 17.4 Å². The quantitative estimate of drug-likeness (QED) is 0.604. The van der Waals surface area contributed by atoms with E-state index >= 15 is 0 Å². The number of ether oxygens (including phenoxy) is 1. The van der Waals surface area contributed by atoms with E-state index in [1.165, 1.54) is 0 Å². The number of carbonyl (C=O) groups excluding carboxylic acids is 1. The van der Waals surface area contributed by atoms with Gasteiger partial charge in [-0.3, -0.25) is 4.79 Å². The highest BCUT2D eigenvalue weighted by Crippen LogP contribution is 2.35. The van der Waals surface area contributed by atoms with E-state index in [9.17, 15) is 31.1 Å². The molecule has 0 aromatic heterocycles. The zero-order chi connectivity index (χ0) is 16.5. The van der Waals surface area contributed by atoms with Crippen LogP contribution in [0.5, 0.6) is 11.5 Å². The summed E-state index contributed by atoms with van der Waals surface area (Å²) in [5.74, 6) is -5.62. The zero-order valence-electron chi connectivity index (χ0n) is 10.5. The monoisotopic (exact) mass is 320 g/mol. The van der Waals surface area contributed by atoms with Crippen molar-refractivity contribution < 1.29 is 35.9 Å². The van der Waals surface area contributed by atoms with Crippen molar-refractivity contribution in [3.63, 3.8) is 0 Å². The van der Waals surface area contributed by atoms with Gasteiger partial charge in [-0.1, -0.05) is 0 Å². The van der Waals surface area contributed by atoms with E-state index in [0.29, 0.717) is 24.3 Å². The molecule has 0 aliphatic rings. The molecule has 0 aliphatic carbocycles. The molecule has 2 nitrogen and oxygen atoms in total. The van der Waals surface area contributed by atoms with Crippen molar-refractivity contribution in [3.8, 4) is 11.5 Å². The molecule has 0 amide bonds. The first-order valence-corrected chi connectivity index (χ1v) is 5.71. The summed E-state index contributed by atoms with van der Waals surface area (Å²) in [5, 5.41) is 0. The van der Waals surface area contributed by atoms with Gasteiger partial charge >= 0.3 is 6.18 Å². The van der Waals surface area contributed by atoms with Crippen LogP contribution in [0, 0.1) is 17.5 Å². The van der Waals surface area contributed by atoms with Crippen molar-refractivity contribution in [2.45, 2.75) is 6.18 Å². The van der Waals surface area contributed by atoms with Crippen LogP contribution in [0.3, 0.4) is 0 Å². The van der Waals surface area contributed by atoms with Crippen LogP contribution < -0.4 is 4.74 Å². The third-order valence-electron chi connectivity index (χ3n) is 2.62. The first-order chi connectivity index (χ1) is 10.2. The lowest BCUT2D eigenvalue weighted by Crippen LogP contribution is -2.08. The van der Waals surface area contributed by atoms with Crippen molar-refractivity contribution in [1.82, 2.24) is 0 Å². The molecule has 2 aromatic rings. The number of benzene rings is 2. The van der Waals surface area contributed by atoms with Gasteiger partial charge < -0.3 is 4.74 Å². The largest absolute Gasteiger partial charge is 0.451 e. The van der Waals surface area contributed by atoms with Gasteiger partial charge in [-0.2, -0.15) is 13.2 Å². The molecule has 0 N–H and O–H groups in total. The summed E-state index contributed by atoms with van der Waals surface area (Å²) in [7, 11) is 0. The Bertz CT molecular complexity index is 701. The lowest BCUT2D eigenvalue weighted by Gasteiger charge is -2.11. The van der Waals surface area contributed by atoms with Gasteiger partial charge in [-0.05, 0) is 24.3 Å². The summed E-state index contributed by atoms with van der Waals surface area (Å²) in [6, 6.07) is 2.81. The van der Waals surface area contributed by atoms with E-state index in [0.717, 1.165) is 6.07 Å². The molecule has 22 heavy (non-hydrogen) atoms. The van der Waals surface area contributed by atoms with E-state index in [-0.39, 0.29) is 11.8 Å². The summed E-state index contributed by atoms with van der Waals surface area (Å²) in [4.78, 5) is 10.4. The average molecular weight is 320 g/mol. The molecule has 0 aliphatic heterocycles. The van der Waals surface area contributed by atoms with E-state index < -0.39 is 40.7 Å². The van der Waals surface area contributed by atoms with Crippen molar-refractivity contribution in [1.29, 1.82) is 0 Å². The highest BCUT2D eigenvalue weighted by atomic mass is 19.4. The number of carbonyl (C=O) groups is 1. The average Bonchev–Trinajstić information content (AvgIpc) is 2.41. The SMILES string of the molecule is O=Cc1cc(F)c(Oc2ccc(C(F)(F)F)c(F)c2)c(F)c1. The van der Waals surface area contributed by atoms with Crippen LogP contribution in [0.4, 0.5) is 26.3 Å². The van der Waals surface area contributed by atoms with Crippen LogP contribution in [0.15, 0.2) is 30.3 Å². The molecule has 0 radical (unpaired) electrons. The summed E-state index contributed by atoms with van der Waals surface area (Å²) >= 11 is 0. The number of hydrogen-bond donors (Lipinski definition) is 0. The summed E-state index contributed by atoms with van der Waals surface area (Å²) in [6.07, 6.45) is -4.70. The van der Waals surface area contributed by atoms with Gasteiger partial charge in [0.25, 0.3) is 0 Å². The Morgan fingerprint density at radius 1 is 0.909 bits per heavy atom. The lowest BCUT2D eigenvalue weighted by molar-refractivity contribution is -0.140. The fourth-order valence-electron chi connectivity index (χ4n) is 1.65. The fraction of sp³-hybridized carbons (Fsp3) is 0.0714. The third kappa shape index (κ3) is 3.21. The minimum atomic E-state index is -4.90. The van der Waals surface area contributed by atoms with Crippen LogP contribution >= 0.6 is 0 Å². The first kappa shape index (κ1) is 15.9. The predicted octanol–water partition coefficient (Wildman–Crippen LogP) is 4.73. The zero-order valence-corrected chi connectivity index (χ0v) is 10.5. The standard InChI is InChI=1S/C14H6F6O2/c15-10-5-8(1-2-9(10)14(18,19)20)22-13-11(16)3-7(6-21)4-12(13)17/h1-6H. The molecule has 0 saturated heterocycles. The fourth-order valence-corrected chi connectivity index (χ4v) is 1.65. The molecular formula is C14H6F6O2. The highest BCUT2D eigenvalue weighted by molar-refractivity contribution is 5.75. The smallest absolute Gasteiger partial charge is 0.419 e. The first-order valence-electron chi connectivity index (χ1n) is 5.71. The number of aldehydes is 1. The topological polar surface area (TPSA) is 26.3 Å². The number of rotatable bonds is 3. The van der Waals surface area contributed by atoms with Gasteiger partial charge in [-0.15, -0.1) is 0 Å². The number of alkyl halides is 3. The third-order valence-corrected chi connectivity index (χ3v) is 2.62. The van der Waals surface area contributed by atoms with E-state index in [2.05, 4.69) is 0 Å².